The monoisotopic (exact) mass is 797 g/mol. The summed E-state index contributed by atoms with van der Waals surface area (Å²) in [6.45, 7) is 1.51. The van der Waals surface area contributed by atoms with Gasteiger partial charge in [-0.25, -0.2) is 9.37 Å². The summed E-state index contributed by atoms with van der Waals surface area (Å²) in [5.41, 5.74) is 13.2. The summed E-state index contributed by atoms with van der Waals surface area (Å²) in [6.07, 6.45) is 6.77. The molecule has 1 aromatic carbocycles. The molecule has 16 nitrogen and oxygen atoms in total. The Morgan fingerprint density at radius 1 is 1.24 bits per heavy atom. The van der Waals surface area contributed by atoms with Crippen molar-refractivity contribution in [3.8, 4) is 0 Å². The van der Waals surface area contributed by atoms with Gasteiger partial charge in [0.25, 0.3) is 11.8 Å². The minimum absolute atomic E-state index is 0.0121. The number of pyridine rings is 1. The number of hydrogen-bond acceptors (Lipinski definition) is 13. The molecule has 0 saturated carbocycles. The number of carbonyl (C=O) groups is 3. The maximum absolute atomic E-state index is 15.3. The molecule has 4 aromatic rings. The number of thiazole rings is 1. The van der Waals surface area contributed by atoms with Gasteiger partial charge < -0.3 is 45.7 Å². The van der Waals surface area contributed by atoms with Gasteiger partial charge in [0.1, 0.15) is 46.0 Å². The van der Waals surface area contributed by atoms with Crippen LogP contribution in [-0.4, -0.2) is 87.4 Å². The maximum Gasteiger partial charge on any atom is 0.276 e. The SMILES string of the molecule is CO/N=C(\C(=O)N[C@@H]1C(=O)N2C(C(=O)[O-])=C(C[n+]3ccc4ccn(Cc5ccc(/C(N)=N/OC6CCOCC6)cc5F)c4c3)CS[C@H]12)c1nc(N)sc1Cl. The third-order valence-corrected chi connectivity index (χ3v) is 11.5. The van der Waals surface area contributed by atoms with E-state index in [1.807, 2.05) is 29.1 Å². The Hall–Kier alpha value is -5.24. The third kappa shape index (κ3) is 7.43. The second kappa shape index (κ2) is 15.6. The molecule has 5 N–H and O–H groups in total. The minimum atomic E-state index is -1.52. The number of thioether (sulfide) groups is 1. The number of nitrogens with two attached hydrogens (primary N) is 2. The molecule has 7 rings (SSSR count). The van der Waals surface area contributed by atoms with E-state index in [0.717, 1.165) is 27.1 Å². The van der Waals surface area contributed by atoms with Gasteiger partial charge in [-0.05, 0) is 12.1 Å². The summed E-state index contributed by atoms with van der Waals surface area (Å²) in [6, 6.07) is 7.34. The third-order valence-electron chi connectivity index (χ3n) is 9.06. The number of amides is 2. The molecule has 3 aliphatic heterocycles. The number of fused-ring (bicyclic) bond motifs is 2. The molecular weight excluding hydrogens is 765 g/mol. The van der Waals surface area contributed by atoms with Crippen LogP contribution in [0.1, 0.15) is 29.7 Å². The summed E-state index contributed by atoms with van der Waals surface area (Å²) in [5.74, 6) is -3.12. The van der Waals surface area contributed by atoms with E-state index in [0.29, 0.717) is 42.8 Å². The van der Waals surface area contributed by atoms with Crippen molar-refractivity contribution in [3.63, 3.8) is 0 Å². The number of benzene rings is 1. The van der Waals surface area contributed by atoms with Crippen molar-refractivity contribution in [2.75, 3.05) is 31.8 Å². The van der Waals surface area contributed by atoms with E-state index in [4.69, 9.17) is 37.5 Å². The molecular formula is C34H33ClFN9O7S2. The maximum atomic E-state index is 15.3. The lowest BCUT2D eigenvalue weighted by molar-refractivity contribution is -0.687. The first-order valence-electron chi connectivity index (χ1n) is 16.6. The van der Waals surface area contributed by atoms with Crippen molar-refractivity contribution >= 4 is 80.1 Å². The lowest BCUT2D eigenvalue weighted by atomic mass is 10.0. The van der Waals surface area contributed by atoms with E-state index in [2.05, 4.69) is 20.6 Å². The van der Waals surface area contributed by atoms with Crippen LogP contribution in [0.2, 0.25) is 4.34 Å². The quantitative estimate of drug-likeness (QED) is 0.0606. The Morgan fingerprint density at radius 3 is 2.74 bits per heavy atom. The molecule has 54 heavy (non-hydrogen) atoms. The normalized spacial score (nSPS) is 19.5. The molecule has 282 valence electrons. The molecule has 20 heteroatoms. The molecule has 2 atom stereocenters. The van der Waals surface area contributed by atoms with Gasteiger partial charge in [0.05, 0.1) is 31.4 Å². The first kappa shape index (κ1) is 37.1. The van der Waals surface area contributed by atoms with Crippen LogP contribution in [0.25, 0.3) is 10.9 Å². The zero-order valence-electron chi connectivity index (χ0n) is 28.6. The smallest absolute Gasteiger partial charge is 0.276 e. The lowest BCUT2D eigenvalue weighted by Gasteiger charge is -2.50. The highest BCUT2D eigenvalue weighted by atomic mass is 35.5. The van der Waals surface area contributed by atoms with Gasteiger partial charge in [-0.1, -0.05) is 45.4 Å². The summed E-state index contributed by atoms with van der Waals surface area (Å²) in [5, 5.41) is 23.0. The Bertz CT molecular complexity index is 2240. The summed E-state index contributed by atoms with van der Waals surface area (Å²) in [4.78, 5) is 54.5. The number of carbonyl (C=O) groups excluding carboxylic acids is 3. The van der Waals surface area contributed by atoms with Gasteiger partial charge in [-0.15, -0.1) is 11.8 Å². The number of anilines is 1. The van der Waals surface area contributed by atoms with Gasteiger partial charge in [0.2, 0.25) is 0 Å². The molecule has 0 bridgehead atoms. The van der Waals surface area contributed by atoms with Crippen molar-refractivity contribution in [2.24, 2.45) is 16.0 Å². The molecule has 2 fully saturated rings. The number of rotatable bonds is 12. The number of nitrogen functional groups attached to an aromatic ring is 1. The van der Waals surface area contributed by atoms with Crippen LogP contribution in [0.5, 0.6) is 0 Å². The average Bonchev–Trinajstić information content (AvgIpc) is 3.72. The Kier molecular flexibility index (Phi) is 10.7. The Labute approximate surface area is 320 Å². The molecule has 3 aromatic heterocycles. The predicted molar refractivity (Wildman–Crippen MR) is 195 cm³/mol. The number of β-lactam (4-membered cyclic amide) rings is 1. The fourth-order valence-electron chi connectivity index (χ4n) is 6.36. The topological polar surface area (TPSA) is 216 Å². The predicted octanol–water partition coefficient (Wildman–Crippen LogP) is 1.08. The standard InChI is InChI=1S/C34H33ClFN9O7S2/c1-50-41-25(24-28(35)54-34(38)40-24)30(46)39-26-31(47)45-27(33(48)49)20(16-53-32(26)45)13-43-8-4-17-5-9-44(23(17)15-43)14-19-3-2-18(12-22(19)36)29(37)42-52-21-6-10-51-11-7-21/h2-5,8-9,12,15,21,26,32H,6-7,10-11,13-14,16H2,1H3,(H5-,37,38,39,40,42,46,48,49)/b41-25-/t26-,32-/m1/s1. The highest BCUT2D eigenvalue weighted by Crippen LogP contribution is 2.40. The van der Waals surface area contributed by atoms with Crippen LogP contribution < -0.4 is 26.5 Å². The number of oxime groups is 2. The highest BCUT2D eigenvalue weighted by molar-refractivity contribution is 8.00. The number of ether oxygens (including phenoxy) is 1. The van der Waals surface area contributed by atoms with E-state index in [-0.39, 0.29) is 57.4 Å². The molecule has 6 heterocycles. The number of nitrogens with one attached hydrogen (secondary N) is 1. The van der Waals surface area contributed by atoms with Crippen molar-refractivity contribution in [1.29, 1.82) is 0 Å². The van der Waals surface area contributed by atoms with Crippen molar-refractivity contribution in [1.82, 2.24) is 19.8 Å². The molecule has 2 amide bonds. The minimum Gasteiger partial charge on any atom is -0.543 e. The molecule has 3 aliphatic rings. The number of carboxylic acids is 1. The van der Waals surface area contributed by atoms with Gasteiger partial charge in [0, 0.05) is 52.9 Å². The van der Waals surface area contributed by atoms with E-state index in [1.165, 1.54) is 24.9 Å². The number of carboxylic acid groups (broad SMARTS) is 1. The molecule has 0 aliphatic carbocycles. The lowest BCUT2D eigenvalue weighted by Crippen LogP contribution is -2.71. The summed E-state index contributed by atoms with van der Waals surface area (Å²) in [7, 11) is 1.23. The van der Waals surface area contributed by atoms with Crippen LogP contribution in [0.3, 0.4) is 0 Å². The van der Waals surface area contributed by atoms with Gasteiger partial charge in [-0.2, -0.15) is 4.57 Å². The van der Waals surface area contributed by atoms with Crippen molar-refractivity contribution in [3.05, 3.63) is 87.2 Å². The fraction of sp³-hybridized carbons (Fsp3) is 0.324. The number of aromatic nitrogens is 3. The van der Waals surface area contributed by atoms with Crippen LogP contribution in [0.15, 0.2) is 70.5 Å². The number of aliphatic carboxylic acids is 1. The Balaban J connectivity index is 1.05. The van der Waals surface area contributed by atoms with E-state index in [9.17, 15) is 19.5 Å². The first-order chi connectivity index (χ1) is 26.0. The van der Waals surface area contributed by atoms with Crippen LogP contribution in [0, 0.1) is 5.82 Å². The average molecular weight is 798 g/mol. The number of nitrogens with zero attached hydrogens (tertiary/aromatic N) is 6. The number of halogens is 2. The summed E-state index contributed by atoms with van der Waals surface area (Å²) >= 11 is 8.40. The zero-order valence-corrected chi connectivity index (χ0v) is 31.0. The second-order valence-electron chi connectivity index (χ2n) is 12.5. The number of hydrogen-bond donors (Lipinski definition) is 3. The molecule has 2 saturated heterocycles. The zero-order chi connectivity index (χ0) is 38.1. The Morgan fingerprint density at radius 2 is 2.04 bits per heavy atom. The van der Waals surface area contributed by atoms with Crippen molar-refractivity contribution < 1.29 is 42.9 Å². The highest BCUT2D eigenvalue weighted by Gasteiger charge is 2.53. The van der Waals surface area contributed by atoms with E-state index in [1.54, 1.807) is 22.9 Å². The van der Waals surface area contributed by atoms with Gasteiger partial charge in [-0.3, -0.25) is 14.5 Å². The second-order valence-corrected chi connectivity index (χ2v) is 15.2. The van der Waals surface area contributed by atoms with Crippen LogP contribution in [-0.2, 0) is 41.9 Å². The van der Waals surface area contributed by atoms with E-state index >= 15 is 4.39 Å². The number of amidine groups is 1. The molecule has 0 unspecified atom stereocenters. The largest absolute Gasteiger partial charge is 0.543 e. The van der Waals surface area contributed by atoms with E-state index < -0.39 is 35.0 Å². The molecule has 0 spiro atoms. The molecule has 0 radical (unpaired) electrons. The van der Waals surface area contributed by atoms with Crippen LogP contribution >= 0.6 is 34.7 Å². The first-order valence-corrected chi connectivity index (χ1v) is 18.8. The van der Waals surface area contributed by atoms with Crippen molar-refractivity contribution in [2.45, 2.75) is 43.5 Å². The van der Waals surface area contributed by atoms with Crippen LogP contribution in [0.4, 0.5) is 9.52 Å². The van der Waals surface area contributed by atoms with Gasteiger partial charge in [0.15, 0.2) is 35.6 Å². The van der Waals surface area contributed by atoms with Gasteiger partial charge >= 0.3 is 0 Å². The fourth-order valence-corrected chi connectivity index (χ4v) is 8.62. The summed E-state index contributed by atoms with van der Waals surface area (Å²) < 4.78 is 24.4.